The van der Waals surface area contributed by atoms with E-state index in [0.717, 1.165) is 0 Å². The molecule has 0 atom stereocenters. The van der Waals surface area contributed by atoms with Gasteiger partial charge in [0.05, 0.1) is 0 Å². The van der Waals surface area contributed by atoms with Crippen molar-refractivity contribution in [3.8, 4) is 0 Å². The number of Topliss-reactive ketones (excluding diaryl/α,β-unsaturated/α-hetero) is 1. The fourth-order valence-electron chi connectivity index (χ4n) is 1.10. The van der Waals surface area contributed by atoms with Crippen LogP contribution >= 0.6 is 11.6 Å². The second kappa shape index (κ2) is 4.51. The van der Waals surface area contributed by atoms with E-state index < -0.39 is 6.43 Å². The molecule has 0 spiro atoms. The number of carbonyl (C=O) groups excluding carboxylic acids is 1. The van der Waals surface area contributed by atoms with Crippen molar-refractivity contribution in [2.75, 3.05) is 0 Å². The standard InChI is InChI=1S/C10H9ClF2O/c1-2-9(14)6-3-7(10(12)13)5-8(11)4-6/h3-5,10H,2H2,1H3. The summed E-state index contributed by atoms with van der Waals surface area (Å²) in [7, 11) is 0. The predicted octanol–water partition coefficient (Wildman–Crippen LogP) is 3.87. The summed E-state index contributed by atoms with van der Waals surface area (Å²) in [5.74, 6) is -0.186. The topological polar surface area (TPSA) is 17.1 Å². The lowest BCUT2D eigenvalue weighted by Crippen LogP contribution is -1.98. The summed E-state index contributed by atoms with van der Waals surface area (Å²) < 4.78 is 24.6. The van der Waals surface area contributed by atoms with Gasteiger partial charge in [0.2, 0.25) is 0 Å². The Kier molecular flexibility index (Phi) is 3.58. The number of halogens is 3. The Morgan fingerprint density at radius 1 is 1.43 bits per heavy atom. The third kappa shape index (κ3) is 2.51. The van der Waals surface area contributed by atoms with Crippen LogP contribution in [0.25, 0.3) is 0 Å². The summed E-state index contributed by atoms with van der Waals surface area (Å²) in [6.45, 7) is 1.67. The molecule has 0 heterocycles. The number of ketones is 1. The SMILES string of the molecule is CCC(=O)c1cc(Cl)cc(C(F)F)c1. The average molecular weight is 219 g/mol. The number of alkyl halides is 2. The second-order valence-corrected chi connectivity index (χ2v) is 3.29. The van der Waals surface area contributed by atoms with Crippen molar-refractivity contribution in [3.63, 3.8) is 0 Å². The monoisotopic (exact) mass is 218 g/mol. The van der Waals surface area contributed by atoms with Gasteiger partial charge in [-0.3, -0.25) is 4.79 Å². The zero-order valence-corrected chi connectivity index (χ0v) is 8.31. The highest BCUT2D eigenvalue weighted by molar-refractivity contribution is 6.31. The van der Waals surface area contributed by atoms with Crippen molar-refractivity contribution in [3.05, 3.63) is 34.3 Å². The van der Waals surface area contributed by atoms with E-state index in [1.807, 2.05) is 0 Å². The minimum Gasteiger partial charge on any atom is -0.294 e. The van der Waals surface area contributed by atoms with Gasteiger partial charge in [-0.1, -0.05) is 18.5 Å². The maximum absolute atomic E-state index is 12.3. The summed E-state index contributed by atoms with van der Waals surface area (Å²) in [5.41, 5.74) is 0.0320. The van der Waals surface area contributed by atoms with E-state index in [2.05, 4.69) is 0 Å². The number of hydrogen-bond donors (Lipinski definition) is 0. The van der Waals surface area contributed by atoms with Gasteiger partial charge >= 0.3 is 0 Å². The van der Waals surface area contributed by atoms with Crippen LogP contribution in [-0.2, 0) is 0 Å². The van der Waals surface area contributed by atoms with E-state index in [1.54, 1.807) is 6.92 Å². The smallest absolute Gasteiger partial charge is 0.263 e. The molecule has 0 radical (unpaired) electrons. The van der Waals surface area contributed by atoms with Gasteiger partial charge in [0.1, 0.15) is 0 Å². The molecule has 76 valence electrons. The fraction of sp³-hybridized carbons (Fsp3) is 0.300. The molecule has 14 heavy (non-hydrogen) atoms. The van der Waals surface area contributed by atoms with Gasteiger partial charge in [-0.2, -0.15) is 0 Å². The summed E-state index contributed by atoms with van der Waals surface area (Å²) in [5, 5.41) is 0.166. The molecule has 0 saturated heterocycles. The molecule has 0 aliphatic heterocycles. The van der Waals surface area contributed by atoms with Gasteiger partial charge in [0.15, 0.2) is 5.78 Å². The lowest BCUT2D eigenvalue weighted by atomic mass is 10.1. The third-order valence-corrected chi connectivity index (χ3v) is 2.03. The van der Waals surface area contributed by atoms with Crippen molar-refractivity contribution >= 4 is 17.4 Å². The predicted molar refractivity (Wildman–Crippen MR) is 51.0 cm³/mol. The lowest BCUT2D eigenvalue weighted by molar-refractivity contribution is 0.0987. The Morgan fingerprint density at radius 2 is 2.07 bits per heavy atom. The Balaban J connectivity index is 3.13. The summed E-state index contributed by atoms with van der Waals surface area (Å²) >= 11 is 5.61. The summed E-state index contributed by atoms with van der Waals surface area (Å²) in [6.07, 6.45) is -2.32. The highest BCUT2D eigenvalue weighted by atomic mass is 35.5. The largest absolute Gasteiger partial charge is 0.294 e. The van der Waals surface area contributed by atoms with E-state index in [1.165, 1.54) is 18.2 Å². The molecule has 1 nitrogen and oxygen atoms in total. The molecule has 0 unspecified atom stereocenters. The van der Waals surface area contributed by atoms with Crippen LogP contribution in [0, 0.1) is 0 Å². The highest BCUT2D eigenvalue weighted by Gasteiger charge is 2.12. The van der Waals surface area contributed by atoms with Crippen LogP contribution in [0.2, 0.25) is 5.02 Å². The van der Waals surface area contributed by atoms with Crippen molar-refractivity contribution in [2.24, 2.45) is 0 Å². The van der Waals surface area contributed by atoms with E-state index in [-0.39, 0.29) is 28.4 Å². The molecule has 0 bridgehead atoms. The normalized spacial score (nSPS) is 10.6. The van der Waals surface area contributed by atoms with Crippen molar-refractivity contribution in [1.82, 2.24) is 0 Å². The quantitative estimate of drug-likeness (QED) is 0.704. The van der Waals surface area contributed by atoms with Crippen LogP contribution in [0.5, 0.6) is 0 Å². The van der Waals surface area contributed by atoms with Gasteiger partial charge in [-0.25, -0.2) is 8.78 Å². The molecule has 0 aliphatic rings. The van der Waals surface area contributed by atoms with Crippen molar-refractivity contribution < 1.29 is 13.6 Å². The Bertz CT molecular complexity index is 350. The summed E-state index contributed by atoms with van der Waals surface area (Å²) in [6, 6.07) is 3.75. The average Bonchev–Trinajstić information content (AvgIpc) is 2.15. The highest BCUT2D eigenvalue weighted by Crippen LogP contribution is 2.24. The van der Waals surface area contributed by atoms with Crippen molar-refractivity contribution in [1.29, 1.82) is 0 Å². The number of carbonyl (C=O) groups is 1. The molecule has 0 amide bonds. The van der Waals surface area contributed by atoms with Crippen LogP contribution in [0.3, 0.4) is 0 Å². The zero-order chi connectivity index (χ0) is 10.7. The molecule has 0 N–H and O–H groups in total. The Hall–Kier alpha value is -0.960. The van der Waals surface area contributed by atoms with Crippen LogP contribution in [0.1, 0.15) is 35.7 Å². The number of benzene rings is 1. The maximum Gasteiger partial charge on any atom is 0.263 e. The number of rotatable bonds is 3. The van der Waals surface area contributed by atoms with E-state index in [9.17, 15) is 13.6 Å². The van der Waals surface area contributed by atoms with Crippen LogP contribution in [0.4, 0.5) is 8.78 Å². The molecular weight excluding hydrogens is 210 g/mol. The minimum absolute atomic E-state index is 0.166. The molecule has 0 fully saturated rings. The minimum atomic E-state index is -2.60. The lowest BCUT2D eigenvalue weighted by Gasteiger charge is -2.04. The maximum atomic E-state index is 12.3. The van der Waals surface area contributed by atoms with Gasteiger partial charge < -0.3 is 0 Å². The number of hydrogen-bond acceptors (Lipinski definition) is 1. The molecular formula is C10H9ClF2O. The van der Waals surface area contributed by atoms with Gasteiger partial charge in [-0.05, 0) is 18.2 Å². The van der Waals surface area contributed by atoms with Gasteiger partial charge in [0.25, 0.3) is 6.43 Å². The van der Waals surface area contributed by atoms with E-state index in [0.29, 0.717) is 0 Å². The van der Waals surface area contributed by atoms with Crippen LogP contribution in [0.15, 0.2) is 18.2 Å². The Labute approximate surface area is 85.7 Å². The first kappa shape index (κ1) is 11.1. The first-order valence-corrected chi connectivity index (χ1v) is 4.54. The van der Waals surface area contributed by atoms with Gasteiger partial charge in [-0.15, -0.1) is 0 Å². The zero-order valence-electron chi connectivity index (χ0n) is 7.56. The van der Waals surface area contributed by atoms with E-state index >= 15 is 0 Å². The molecule has 0 aliphatic carbocycles. The molecule has 0 aromatic heterocycles. The van der Waals surface area contributed by atoms with Gasteiger partial charge in [0, 0.05) is 22.6 Å². The third-order valence-electron chi connectivity index (χ3n) is 1.82. The van der Waals surface area contributed by atoms with Crippen molar-refractivity contribution in [2.45, 2.75) is 19.8 Å². The Morgan fingerprint density at radius 3 is 2.57 bits per heavy atom. The van der Waals surface area contributed by atoms with Crippen LogP contribution in [-0.4, -0.2) is 5.78 Å². The summed E-state index contributed by atoms with van der Waals surface area (Å²) in [4.78, 5) is 11.2. The van der Waals surface area contributed by atoms with Crippen LogP contribution < -0.4 is 0 Å². The molecule has 0 saturated carbocycles. The molecule has 1 aromatic rings. The molecule has 4 heteroatoms. The molecule has 1 aromatic carbocycles. The first-order chi connectivity index (χ1) is 6.54. The second-order valence-electron chi connectivity index (χ2n) is 2.85. The van der Waals surface area contributed by atoms with E-state index in [4.69, 9.17) is 11.6 Å². The first-order valence-electron chi connectivity index (χ1n) is 4.16. The fourth-order valence-corrected chi connectivity index (χ4v) is 1.35. The molecule has 1 rings (SSSR count).